The molecule has 0 radical (unpaired) electrons. The van der Waals surface area contributed by atoms with Crippen molar-refractivity contribution in [2.75, 3.05) is 38.2 Å². The van der Waals surface area contributed by atoms with Crippen LogP contribution in [0.3, 0.4) is 0 Å². The second-order valence-electron chi connectivity index (χ2n) is 8.46. The lowest BCUT2D eigenvalue weighted by molar-refractivity contribution is -0.131. The molecule has 35 heavy (non-hydrogen) atoms. The Kier molecular flexibility index (Phi) is 6.43. The molecule has 0 atom stereocenters. The van der Waals surface area contributed by atoms with Crippen LogP contribution >= 0.6 is 0 Å². The molecule has 1 saturated heterocycles. The summed E-state index contributed by atoms with van der Waals surface area (Å²) >= 11 is 0. The standard InChI is InChI=1S/C27H27N5O3/c1-35-22-8-6-21(7-9-22)32-25-5-3-2-4-23(25)29-24(27(32)34)10-11-26(33)31-18-16-30(17-19-31)20-12-14-28-15-13-20/h2-9,12-15H,10-11,16-19H2,1H3. The minimum Gasteiger partial charge on any atom is -0.497 e. The van der Waals surface area contributed by atoms with E-state index in [1.165, 1.54) is 0 Å². The molecule has 5 rings (SSSR count). The fourth-order valence-electron chi connectivity index (χ4n) is 4.48. The van der Waals surface area contributed by atoms with Gasteiger partial charge >= 0.3 is 0 Å². The second-order valence-corrected chi connectivity index (χ2v) is 8.46. The molecule has 0 unspecified atom stereocenters. The van der Waals surface area contributed by atoms with Crippen LogP contribution in [0.2, 0.25) is 0 Å². The maximum Gasteiger partial charge on any atom is 0.277 e. The predicted octanol–water partition coefficient (Wildman–Crippen LogP) is 3.07. The monoisotopic (exact) mass is 469 g/mol. The summed E-state index contributed by atoms with van der Waals surface area (Å²) in [5, 5.41) is 0. The fourth-order valence-corrected chi connectivity index (χ4v) is 4.48. The molecule has 1 aliphatic heterocycles. The summed E-state index contributed by atoms with van der Waals surface area (Å²) in [5.74, 6) is 0.764. The van der Waals surface area contributed by atoms with E-state index in [2.05, 4.69) is 14.9 Å². The normalized spacial score (nSPS) is 13.7. The molecule has 0 bridgehead atoms. The van der Waals surface area contributed by atoms with Gasteiger partial charge in [0.1, 0.15) is 11.4 Å². The van der Waals surface area contributed by atoms with Crippen LogP contribution in [0.5, 0.6) is 5.75 Å². The number of ether oxygens (including phenoxy) is 1. The molecule has 0 aliphatic carbocycles. The summed E-state index contributed by atoms with van der Waals surface area (Å²) in [6.07, 6.45) is 4.10. The zero-order valence-corrected chi connectivity index (χ0v) is 19.6. The molecule has 8 heteroatoms. The summed E-state index contributed by atoms with van der Waals surface area (Å²) in [6, 6.07) is 18.9. The van der Waals surface area contributed by atoms with E-state index in [4.69, 9.17) is 4.74 Å². The Hall–Kier alpha value is -4.20. The number of piperazine rings is 1. The first kappa shape index (κ1) is 22.6. The third-order valence-corrected chi connectivity index (χ3v) is 6.39. The number of pyridine rings is 1. The smallest absolute Gasteiger partial charge is 0.277 e. The number of nitrogens with zero attached hydrogens (tertiary/aromatic N) is 5. The SMILES string of the molecule is COc1ccc(-n2c(=O)c(CCC(=O)N3CCN(c4ccncc4)CC3)nc3ccccc32)cc1. The Labute approximate surface area is 203 Å². The third kappa shape index (κ3) is 4.73. The number of carbonyl (C=O) groups is 1. The highest BCUT2D eigenvalue weighted by Crippen LogP contribution is 2.19. The average molecular weight is 470 g/mol. The van der Waals surface area contributed by atoms with Crippen molar-refractivity contribution in [3.8, 4) is 11.4 Å². The van der Waals surface area contributed by atoms with Crippen LogP contribution < -0.4 is 15.2 Å². The largest absolute Gasteiger partial charge is 0.497 e. The van der Waals surface area contributed by atoms with E-state index in [0.717, 1.165) is 41.2 Å². The van der Waals surface area contributed by atoms with E-state index in [-0.39, 0.29) is 17.9 Å². The summed E-state index contributed by atoms with van der Waals surface area (Å²) in [4.78, 5) is 39.2. The molecule has 0 N–H and O–H groups in total. The van der Waals surface area contributed by atoms with Crippen LogP contribution in [0.25, 0.3) is 16.7 Å². The fraction of sp³-hybridized carbons (Fsp3) is 0.259. The van der Waals surface area contributed by atoms with E-state index >= 15 is 0 Å². The first-order chi connectivity index (χ1) is 17.1. The van der Waals surface area contributed by atoms with Gasteiger partial charge in [-0.3, -0.25) is 19.1 Å². The van der Waals surface area contributed by atoms with Crippen LogP contribution in [0.15, 0.2) is 77.9 Å². The van der Waals surface area contributed by atoms with Crippen LogP contribution in [0, 0.1) is 0 Å². The van der Waals surface area contributed by atoms with Crippen molar-refractivity contribution in [3.05, 3.63) is 89.1 Å². The zero-order valence-electron chi connectivity index (χ0n) is 19.6. The summed E-state index contributed by atoms with van der Waals surface area (Å²) in [6.45, 7) is 2.85. The summed E-state index contributed by atoms with van der Waals surface area (Å²) in [7, 11) is 1.61. The van der Waals surface area contributed by atoms with Crippen LogP contribution in [-0.4, -0.2) is 58.6 Å². The van der Waals surface area contributed by atoms with Crippen LogP contribution in [-0.2, 0) is 11.2 Å². The van der Waals surface area contributed by atoms with Gasteiger partial charge in [0, 0.05) is 62.8 Å². The zero-order chi connectivity index (χ0) is 24.2. The molecule has 1 aliphatic rings. The van der Waals surface area contributed by atoms with Gasteiger partial charge in [0.15, 0.2) is 0 Å². The number of para-hydroxylation sites is 2. The van der Waals surface area contributed by atoms with E-state index in [9.17, 15) is 9.59 Å². The van der Waals surface area contributed by atoms with E-state index in [1.54, 1.807) is 24.1 Å². The third-order valence-electron chi connectivity index (χ3n) is 6.39. The molecular weight excluding hydrogens is 442 g/mol. The Morgan fingerprint density at radius 2 is 1.63 bits per heavy atom. The van der Waals surface area contributed by atoms with E-state index in [0.29, 0.717) is 25.2 Å². The minimum atomic E-state index is -0.204. The van der Waals surface area contributed by atoms with Crippen molar-refractivity contribution < 1.29 is 9.53 Å². The number of hydrogen-bond acceptors (Lipinski definition) is 6. The van der Waals surface area contributed by atoms with Gasteiger partial charge < -0.3 is 14.5 Å². The molecule has 8 nitrogen and oxygen atoms in total. The number of amides is 1. The number of rotatable bonds is 6. The number of aryl methyl sites for hydroxylation is 1. The lowest BCUT2D eigenvalue weighted by atomic mass is 10.1. The number of fused-ring (bicyclic) bond motifs is 1. The number of hydrogen-bond donors (Lipinski definition) is 0. The first-order valence-electron chi connectivity index (χ1n) is 11.7. The molecule has 1 fully saturated rings. The second kappa shape index (κ2) is 9.97. The van der Waals surface area contributed by atoms with Gasteiger partial charge in [-0.15, -0.1) is 0 Å². The molecule has 0 spiro atoms. The van der Waals surface area contributed by atoms with Crippen molar-refractivity contribution in [1.29, 1.82) is 0 Å². The van der Waals surface area contributed by atoms with Crippen molar-refractivity contribution in [1.82, 2.24) is 19.4 Å². The van der Waals surface area contributed by atoms with E-state index in [1.807, 2.05) is 65.6 Å². The molecule has 2 aromatic carbocycles. The lowest BCUT2D eigenvalue weighted by Crippen LogP contribution is -2.49. The number of aromatic nitrogens is 3. The van der Waals surface area contributed by atoms with Crippen LogP contribution in [0.1, 0.15) is 12.1 Å². The molecule has 3 heterocycles. The van der Waals surface area contributed by atoms with Gasteiger partial charge in [-0.05, 0) is 48.5 Å². The average Bonchev–Trinajstić information content (AvgIpc) is 2.92. The van der Waals surface area contributed by atoms with Gasteiger partial charge in [0.25, 0.3) is 5.56 Å². The molecule has 4 aromatic rings. The quantitative estimate of drug-likeness (QED) is 0.432. The Bertz CT molecular complexity index is 1380. The Morgan fingerprint density at radius 1 is 0.914 bits per heavy atom. The highest BCUT2D eigenvalue weighted by atomic mass is 16.5. The maximum atomic E-state index is 13.5. The molecule has 1 amide bonds. The van der Waals surface area contributed by atoms with Gasteiger partial charge in [0.05, 0.1) is 18.1 Å². The van der Waals surface area contributed by atoms with Gasteiger partial charge in [-0.1, -0.05) is 12.1 Å². The number of carbonyl (C=O) groups excluding carboxylic acids is 1. The number of anilines is 1. The van der Waals surface area contributed by atoms with Gasteiger partial charge in [-0.2, -0.15) is 0 Å². The summed E-state index contributed by atoms with van der Waals surface area (Å²) in [5.41, 5.74) is 3.48. The van der Waals surface area contributed by atoms with Crippen molar-refractivity contribution >= 4 is 22.6 Å². The van der Waals surface area contributed by atoms with Gasteiger partial charge in [0.2, 0.25) is 5.91 Å². The minimum absolute atomic E-state index is 0.0461. The van der Waals surface area contributed by atoms with Crippen molar-refractivity contribution in [3.63, 3.8) is 0 Å². The number of methoxy groups -OCH3 is 1. The molecular formula is C27H27N5O3. The van der Waals surface area contributed by atoms with Crippen molar-refractivity contribution in [2.45, 2.75) is 12.8 Å². The first-order valence-corrected chi connectivity index (χ1v) is 11.7. The lowest BCUT2D eigenvalue weighted by Gasteiger charge is -2.36. The Balaban J connectivity index is 1.33. The van der Waals surface area contributed by atoms with Crippen molar-refractivity contribution in [2.24, 2.45) is 0 Å². The highest BCUT2D eigenvalue weighted by molar-refractivity contribution is 5.78. The number of benzene rings is 2. The van der Waals surface area contributed by atoms with Crippen LogP contribution in [0.4, 0.5) is 5.69 Å². The molecule has 2 aromatic heterocycles. The highest BCUT2D eigenvalue weighted by Gasteiger charge is 2.22. The predicted molar refractivity (Wildman–Crippen MR) is 135 cm³/mol. The Morgan fingerprint density at radius 3 is 2.34 bits per heavy atom. The molecule has 0 saturated carbocycles. The van der Waals surface area contributed by atoms with E-state index < -0.39 is 0 Å². The molecule has 178 valence electrons. The van der Waals surface area contributed by atoms with Gasteiger partial charge in [-0.25, -0.2) is 4.98 Å². The summed E-state index contributed by atoms with van der Waals surface area (Å²) < 4.78 is 6.91. The topological polar surface area (TPSA) is 80.6 Å². The maximum absolute atomic E-state index is 13.5.